The van der Waals surface area contributed by atoms with E-state index in [1.165, 1.54) is 0 Å². The molecule has 5 rings (SSSR count). The maximum Gasteiger partial charge on any atom is 0.271 e. The number of likely N-dealkylation sites (N-methyl/N-ethyl adjacent to an activating group) is 1. The van der Waals surface area contributed by atoms with Crippen LogP contribution in [-0.2, 0) is 13.6 Å². The van der Waals surface area contributed by atoms with Crippen LogP contribution in [0, 0.1) is 13.8 Å². The summed E-state index contributed by atoms with van der Waals surface area (Å²) in [5.74, 6) is 0.665. The van der Waals surface area contributed by atoms with Gasteiger partial charge in [0.1, 0.15) is 6.10 Å². The maximum absolute atomic E-state index is 13.1. The molecule has 5 heterocycles. The smallest absolute Gasteiger partial charge is 0.271 e. The molecule has 0 amide bonds. The largest absolute Gasteiger partial charge is 0.473 e. The fraction of sp³-hybridized carbons (Fsp3) is 0.440. The second-order valence-corrected chi connectivity index (χ2v) is 12.0. The van der Waals surface area contributed by atoms with Crippen molar-refractivity contribution in [3.63, 3.8) is 0 Å². The molecule has 2 bridgehead atoms. The van der Waals surface area contributed by atoms with Crippen LogP contribution in [0.3, 0.4) is 0 Å². The van der Waals surface area contributed by atoms with Gasteiger partial charge in [-0.1, -0.05) is 0 Å². The van der Waals surface area contributed by atoms with Crippen molar-refractivity contribution in [3.8, 4) is 17.1 Å². The van der Waals surface area contributed by atoms with Crippen LogP contribution < -0.4 is 10.3 Å². The van der Waals surface area contributed by atoms with Crippen LogP contribution in [0.15, 0.2) is 10.9 Å². The second-order valence-electron chi connectivity index (χ2n) is 9.92. The van der Waals surface area contributed by atoms with Crippen molar-refractivity contribution in [2.75, 3.05) is 20.2 Å². The van der Waals surface area contributed by atoms with E-state index in [9.17, 15) is 9.90 Å². The molecule has 1 aliphatic rings. The van der Waals surface area contributed by atoms with Crippen LogP contribution in [0.1, 0.15) is 48.2 Å². The monoisotopic (exact) mass is 650 g/mol. The lowest BCUT2D eigenvalue weighted by molar-refractivity contribution is 0.145. The van der Waals surface area contributed by atoms with Crippen molar-refractivity contribution in [3.05, 3.63) is 44.8 Å². The summed E-state index contributed by atoms with van der Waals surface area (Å²) in [6, 6.07) is 1.76. The zero-order chi connectivity index (χ0) is 27.3. The topological polar surface area (TPSA) is 119 Å². The summed E-state index contributed by atoms with van der Waals surface area (Å²) in [6.45, 7) is 8.86. The first-order valence-electron chi connectivity index (χ1n) is 12.4. The second kappa shape index (κ2) is 10.6. The molecule has 3 atom stereocenters. The van der Waals surface area contributed by atoms with E-state index in [4.69, 9.17) is 14.8 Å². The van der Waals surface area contributed by atoms with Gasteiger partial charge in [-0.3, -0.25) is 24.5 Å². The van der Waals surface area contributed by atoms with Gasteiger partial charge in [0.2, 0.25) is 5.88 Å². The number of H-pyrrole nitrogens is 1. The molecule has 4 aromatic heterocycles. The quantitative estimate of drug-likeness (QED) is 0.257. The fourth-order valence-corrected chi connectivity index (χ4v) is 6.72. The van der Waals surface area contributed by atoms with Crippen LogP contribution in [0.5, 0.6) is 5.88 Å². The number of rotatable bonds is 3. The van der Waals surface area contributed by atoms with E-state index >= 15 is 0 Å². The van der Waals surface area contributed by atoms with Crippen LogP contribution in [0.25, 0.3) is 34.3 Å². The molecule has 38 heavy (non-hydrogen) atoms. The minimum atomic E-state index is -0.277. The first kappa shape index (κ1) is 27.0. The molecule has 0 saturated carbocycles. The molecule has 0 spiro atoms. The lowest BCUT2D eigenvalue weighted by atomic mass is 10.1. The minimum Gasteiger partial charge on any atom is -0.473 e. The van der Waals surface area contributed by atoms with Gasteiger partial charge in [0.15, 0.2) is 0 Å². The van der Waals surface area contributed by atoms with Crippen molar-refractivity contribution in [1.82, 2.24) is 39.0 Å². The zero-order valence-corrected chi connectivity index (χ0v) is 25.4. The Morgan fingerprint density at radius 3 is 2.74 bits per heavy atom. The molecule has 0 saturated heterocycles. The summed E-state index contributed by atoms with van der Waals surface area (Å²) in [5.41, 5.74) is 6.20. The van der Waals surface area contributed by atoms with E-state index in [1.807, 2.05) is 64.5 Å². The average Bonchev–Trinajstić information content (AvgIpc) is 3.47. The normalized spacial score (nSPS) is 18.4. The van der Waals surface area contributed by atoms with Crippen LogP contribution >= 0.6 is 28.4 Å². The van der Waals surface area contributed by atoms with Gasteiger partial charge < -0.3 is 9.84 Å². The highest BCUT2D eigenvalue weighted by Crippen LogP contribution is 2.38. The van der Waals surface area contributed by atoms with Gasteiger partial charge in [-0.05, 0) is 75.0 Å². The van der Waals surface area contributed by atoms with Crippen LogP contribution in [-0.4, -0.2) is 70.4 Å². The number of halogens is 1. The Kier molecular flexibility index (Phi) is 7.51. The first-order chi connectivity index (χ1) is 18.1. The molecule has 1 aliphatic heterocycles. The Balaban J connectivity index is 1.79. The third kappa shape index (κ3) is 4.72. The van der Waals surface area contributed by atoms with Gasteiger partial charge in [0, 0.05) is 25.5 Å². The van der Waals surface area contributed by atoms with Gasteiger partial charge in [-0.15, -0.1) is 0 Å². The number of hydrogen-bond acceptors (Lipinski definition) is 7. The third-order valence-corrected chi connectivity index (χ3v) is 8.71. The molecular weight excluding hydrogens is 618 g/mol. The molecule has 2 N–H and O–H groups in total. The number of aromatic nitrogens is 7. The minimum absolute atomic E-state index is 0.0900. The van der Waals surface area contributed by atoms with E-state index < -0.39 is 0 Å². The molecule has 0 aliphatic carbocycles. The van der Waals surface area contributed by atoms with Crippen molar-refractivity contribution in [2.45, 2.75) is 46.4 Å². The van der Waals surface area contributed by atoms with Gasteiger partial charge >= 0.3 is 0 Å². The van der Waals surface area contributed by atoms with Gasteiger partial charge in [0.25, 0.3) is 5.56 Å². The highest BCUT2D eigenvalue weighted by Gasteiger charge is 2.25. The SMILES string of the molecule is Cc1nn(C)c2c1-c1cc3c(nn(PI)c3c(C)n1)/C=C/c1c(n(C(C)CO)[nH]c1=O)CN(C)CC(C)O2. The molecule has 11 nitrogen and oxygen atoms in total. The standard InChI is InChI=1S/C25H32IN8O3P/c1-13(12-35)33-21-11-31(5)10-14(2)37-25-22(15(3)28-32(25)6)20-9-18-19(8-7-17(21)24(36)30-33)29-34(38-26)23(18)16(4)27-20/h7-9,13-14,35,38H,10-12H2,1-6H3,(H,30,36)/b8-7+. The molecule has 13 heteroatoms. The van der Waals surface area contributed by atoms with Gasteiger partial charge in [-0.2, -0.15) is 10.2 Å². The number of ether oxygens (including phenoxy) is 1. The van der Waals surface area contributed by atoms with Crippen molar-refractivity contribution in [2.24, 2.45) is 7.05 Å². The van der Waals surface area contributed by atoms with Crippen molar-refractivity contribution >= 4 is 51.5 Å². The predicted octanol–water partition coefficient (Wildman–Crippen LogP) is 3.67. The maximum atomic E-state index is 13.1. The van der Waals surface area contributed by atoms with E-state index in [0.717, 1.165) is 44.9 Å². The third-order valence-electron chi connectivity index (χ3n) is 6.85. The number of hydrogen-bond donors (Lipinski definition) is 2. The van der Waals surface area contributed by atoms with Gasteiger partial charge in [-0.25, -0.2) is 9.13 Å². The number of pyridine rings is 1. The van der Waals surface area contributed by atoms with E-state index in [1.54, 1.807) is 9.36 Å². The molecule has 0 fully saturated rings. The lowest BCUT2D eigenvalue weighted by Gasteiger charge is -2.24. The molecule has 4 aromatic rings. The fourth-order valence-electron chi connectivity index (χ4n) is 5.16. The Morgan fingerprint density at radius 2 is 2.03 bits per heavy atom. The van der Waals surface area contributed by atoms with E-state index in [2.05, 4.69) is 37.1 Å². The molecule has 0 aromatic carbocycles. The number of aliphatic hydroxyl groups excluding tert-OH is 1. The molecule has 3 unspecified atom stereocenters. The number of aromatic amines is 1. The summed E-state index contributed by atoms with van der Waals surface area (Å²) >= 11 is 2.32. The highest BCUT2D eigenvalue weighted by molar-refractivity contribution is 14.2. The Bertz CT molecular complexity index is 1600. The number of nitrogens with zero attached hydrogens (tertiary/aromatic N) is 7. The predicted molar refractivity (Wildman–Crippen MR) is 159 cm³/mol. The van der Waals surface area contributed by atoms with Gasteiger partial charge in [0.05, 0.1) is 64.1 Å². The number of aryl methyl sites for hydroxylation is 3. The van der Waals surface area contributed by atoms with Crippen LogP contribution in [0.4, 0.5) is 0 Å². The number of fused-ring (bicyclic) bond motifs is 4. The highest BCUT2D eigenvalue weighted by atomic mass is 127. The lowest BCUT2D eigenvalue weighted by Crippen LogP contribution is -2.32. The summed E-state index contributed by atoms with van der Waals surface area (Å²) in [5, 5.41) is 23.2. The van der Waals surface area contributed by atoms with Crippen molar-refractivity contribution < 1.29 is 9.84 Å². The summed E-state index contributed by atoms with van der Waals surface area (Å²) < 4.78 is 12.0. The molecule has 0 radical (unpaired) electrons. The van der Waals surface area contributed by atoms with Crippen molar-refractivity contribution in [1.29, 1.82) is 0 Å². The Morgan fingerprint density at radius 1 is 1.26 bits per heavy atom. The van der Waals surface area contributed by atoms with E-state index in [-0.39, 0.29) is 24.3 Å². The Labute approximate surface area is 235 Å². The summed E-state index contributed by atoms with van der Waals surface area (Å²) in [7, 11) is 3.87. The van der Waals surface area contributed by atoms with Crippen LogP contribution in [0.2, 0.25) is 0 Å². The number of nitrogens with one attached hydrogen (secondary N) is 1. The van der Waals surface area contributed by atoms with E-state index in [0.29, 0.717) is 30.9 Å². The average molecular weight is 650 g/mol. The molecule has 202 valence electrons. The number of aliphatic hydroxyl groups is 1. The summed E-state index contributed by atoms with van der Waals surface area (Å²) in [4.78, 5) is 20.2. The Hall–Kier alpha value is -2.54. The molecular formula is C25H32IN8O3P. The summed E-state index contributed by atoms with van der Waals surface area (Å²) in [6.07, 6.45) is 3.95. The first-order valence-corrected chi connectivity index (χ1v) is 16.5. The zero-order valence-electron chi connectivity index (χ0n) is 22.3.